The third kappa shape index (κ3) is 5.88. The van der Waals surface area contributed by atoms with Crippen molar-refractivity contribution in [1.82, 2.24) is 10.6 Å². The van der Waals surface area contributed by atoms with E-state index >= 15 is 0 Å². The van der Waals surface area contributed by atoms with E-state index in [2.05, 4.69) is 10.6 Å². The van der Waals surface area contributed by atoms with Gasteiger partial charge >= 0.3 is 0 Å². The molecule has 0 aliphatic heterocycles. The number of amides is 2. The molecule has 1 atom stereocenters. The lowest BCUT2D eigenvalue weighted by molar-refractivity contribution is -0.127. The minimum Gasteiger partial charge on any atom is -0.396 e. The molecule has 0 heterocycles. The van der Waals surface area contributed by atoms with Gasteiger partial charge < -0.3 is 21.5 Å². The minimum absolute atomic E-state index is 0.0280. The summed E-state index contributed by atoms with van der Waals surface area (Å²) in [6.07, 6.45) is 1.57. The number of carbonyl (C=O) groups is 2. The molecule has 0 aromatic rings. The molecule has 0 unspecified atom stereocenters. The normalized spacial score (nSPS) is 13.2. The summed E-state index contributed by atoms with van der Waals surface area (Å²) >= 11 is 0. The zero-order valence-corrected chi connectivity index (χ0v) is 13.0. The van der Waals surface area contributed by atoms with Crippen LogP contribution < -0.4 is 16.4 Å². The fraction of sp³-hybridized carbons (Fsp3) is 0.857. The van der Waals surface area contributed by atoms with Crippen LogP contribution in [0, 0.1) is 11.3 Å². The average molecular weight is 287 g/mol. The molecule has 2 amide bonds. The quantitative estimate of drug-likeness (QED) is 0.479. The van der Waals surface area contributed by atoms with E-state index in [1.807, 2.05) is 27.7 Å². The summed E-state index contributed by atoms with van der Waals surface area (Å²) in [5.74, 6) is -0.566. The molecular weight excluding hydrogens is 258 g/mol. The number of carbonyl (C=O) groups excluding carboxylic acids is 2. The summed E-state index contributed by atoms with van der Waals surface area (Å²) in [4.78, 5) is 23.3. The summed E-state index contributed by atoms with van der Waals surface area (Å²) in [5.41, 5.74) is 5.39. The molecule has 20 heavy (non-hydrogen) atoms. The van der Waals surface area contributed by atoms with E-state index in [1.54, 1.807) is 0 Å². The Morgan fingerprint density at radius 2 is 1.75 bits per heavy atom. The zero-order chi connectivity index (χ0) is 15.8. The predicted octanol–water partition coefficient (Wildman–Crippen LogP) is 0.000800. The van der Waals surface area contributed by atoms with Gasteiger partial charge in [0.15, 0.2) is 0 Å². The second-order valence-electron chi connectivity index (χ2n) is 5.63. The lowest BCUT2D eigenvalue weighted by atomic mass is 9.83. The molecule has 0 spiro atoms. The first-order valence-electron chi connectivity index (χ1n) is 7.22. The highest BCUT2D eigenvalue weighted by atomic mass is 16.3. The van der Waals surface area contributed by atoms with Gasteiger partial charge in [0.1, 0.15) is 0 Å². The Bertz CT molecular complexity index is 307. The minimum atomic E-state index is -0.606. The summed E-state index contributed by atoms with van der Waals surface area (Å²) in [6, 6.07) is -0.606. The Morgan fingerprint density at radius 3 is 2.15 bits per heavy atom. The molecule has 0 radical (unpaired) electrons. The third-order valence-corrected chi connectivity index (χ3v) is 3.94. The lowest BCUT2D eigenvalue weighted by Crippen LogP contribution is -2.48. The third-order valence-electron chi connectivity index (χ3n) is 3.94. The Morgan fingerprint density at radius 1 is 1.20 bits per heavy atom. The SMILES string of the molecule is CCC(CC)(CO)CNC(=O)CNC(=O)[C@@H](N)C(C)C. The maximum absolute atomic E-state index is 11.7. The van der Waals surface area contributed by atoms with Crippen molar-refractivity contribution in [2.24, 2.45) is 17.1 Å². The van der Waals surface area contributed by atoms with Crippen molar-refractivity contribution in [2.45, 2.75) is 46.6 Å². The smallest absolute Gasteiger partial charge is 0.239 e. The van der Waals surface area contributed by atoms with Crippen molar-refractivity contribution in [3.8, 4) is 0 Å². The van der Waals surface area contributed by atoms with Crippen LogP contribution in [0.1, 0.15) is 40.5 Å². The van der Waals surface area contributed by atoms with Gasteiger partial charge in [0.05, 0.1) is 19.2 Å². The maximum atomic E-state index is 11.7. The van der Waals surface area contributed by atoms with Gasteiger partial charge in [-0.3, -0.25) is 9.59 Å². The Hall–Kier alpha value is -1.14. The summed E-state index contributed by atoms with van der Waals surface area (Å²) < 4.78 is 0. The monoisotopic (exact) mass is 287 g/mol. The van der Waals surface area contributed by atoms with E-state index in [4.69, 9.17) is 5.73 Å². The summed E-state index contributed by atoms with van der Waals surface area (Å²) in [7, 11) is 0. The Kier molecular flexibility index (Phi) is 8.41. The van der Waals surface area contributed by atoms with Crippen LogP contribution in [0.2, 0.25) is 0 Å². The highest BCUT2D eigenvalue weighted by Crippen LogP contribution is 2.24. The number of hydrogen-bond donors (Lipinski definition) is 4. The summed E-state index contributed by atoms with van der Waals surface area (Å²) in [6.45, 7) is 8.01. The van der Waals surface area contributed by atoms with Crippen LogP contribution in [0.5, 0.6) is 0 Å². The van der Waals surface area contributed by atoms with E-state index in [0.717, 1.165) is 12.8 Å². The van der Waals surface area contributed by atoms with Gasteiger partial charge in [-0.1, -0.05) is 27.7 Å². The molecule has 0 aromatic carbocycles. The topological polar surface area (TPSA) is 104 Å². The van der Waals surface area contributed by atoms with Crippen LogP contribution in [-0.4, -0.2) is 42.7 Å². The van der Waals surface area contributed by atoms with E-state index < -0.39 is 6.04 Å². The fourth-order valence-corrected chi connectivity index (χ4v) is 1.72. The number of hydrogen-bond acceptors (Lipinski definition) is 4. The van der Waals surface area contributed by atoms with Crippen molar-refractivity contribution < 1.29 is 14.7 Å². The van der Waals surface area contributed by atoms with Crippen molar-refractivity contribution in [1.29, 1.82) is 0 Å². The van der Waals surface area contributed by atoms with Gasteiger partial charge in [-0.05, 0) is 18.8 Å². The zero-order valence-electron chi connectivity index (χ0n) is 13.0. The Balaban J connectivity index is 4.16. The molecule has 0 saturated carbocycles. The molecule has 0 saturated heterocycles. The molecule has 0 fully saturated rings. The first-order valence-corrected chi connectivity index (χ1v) is 7.22. The largest absolute Gasteiger partial charge is 0.396 e. The number of rotatable bonds is 9. The molecule has 0 aromatic heterocycles. The number of nitrogens with two attached hydrogens (primary N) is 1. The van der Waals surface area contributed by atoms with Gasteiger partial charge in [0.2, 0.25) is 11.8 Å². The average Bonchev–Trinajstić information content (AvgIpc) is 2.45. The van der Waals surface area contributed by atoms with E-state index in [0.29, 0.717) is 6.54 Å². The van der Waals surface area contributed by atoms with Crippen molar-refractivity contribution >= 4 is 11.8 Å². The fourth-order valence-electron chi connectivity index (χ4n) is 1.72. The van der Waals surface area contributed by atoms with Crippen LogP contribution in [0.25, 0.3) is 0 Å². The van der Waals surface area contributed by atoms with E-state index in [-0.39, 0.29) is 36.3 Å². The second kappa shape index (κ2) is 8.92. The molecule has 5 N–H and O–H groups in total. The standard InChI is InChI=1S/C14H29N3O3/c1-5-14(6-2,9-18)8-17-11(19)7-16-13(20)12(15)10(3)4/h10,12,18H,5-9,15H2,1-4H3,(H,16,20)(H,17,19)/t12-/m0/s1. The molecule has 0 bridgehead atoms. The molecule has 6 nitrogen and oxygen atoms in total. The molecule has 118 valence electrons. The van der Waals surface area contributed by atoms with E-state index in [1.165, 1.54) is 0 Å². The summed E-state index contributed by atoms with van der Waals surface area (Å²) in [5, 5.41) is 14.7. The first-order chi connectivity index (χ1) is 9.31. The molecule has 0 aliphatic carbocycles. The van der Waals surface area contributed by atoms with Crippen LogP contribution in [0.15, 0.2) is 0 Å². The Labute approximate surface area is 121 Å². The van der Waals surface area contributed by atoms with Crippen molar-refractivity contribution in [3.05, 3.63) is 0 Å². The number of aliphatic hydroxyl groups is 1. The first kappa shape index (κ1) is 18.9. The van der Waals surface area contributed by atoms with Crippen LogP contribution in [0.3, 0.4) is 0 Å². The second-order valence-corrected chi connectivity index (χ2v) is 5.63. The predicted molar refractivity (Wildman–Crippen MR) is 78.9 cm³/mol. The molecular formula is C14H29N3O3. The van der Waals surface area contributed by atoms with Crippen LogP contribution in [0.4, 0.5) is 0 Å². The van der Waals surface area contributed by atoms with Gasteiger partial charge in [-0.2, -0.15) is 0 Å². The molecule has 6 heteroatoms. The van der Waals surface area contributed by atoms with Gasteiger partial charge in [-0.15, -0.1) is 0 Å². The molecule has 0 rings (SSSR count). The van der Waals surface area contributed by atoms with Crippen molar-refractivity contribution in [3.63, 3.8) is 0 Å². The highest BCUT2D eigenvalue weighted by molar-refractivity contribution is 5.87. The maximum Gasteiger partial charge on any atom is 0.239 e. The van der Waals surface area contributed by atoms with Crippen LogP contribution in [-0.2, 0) is 9.59 Å². The van der Waals surface area contributed by atoms with Crippen LogP contribution >= 0.6 is 0 Å². The van der Waals surface area contributed by atoms with Gasteiger partial charge in [0, 0.05) is 12.0 Å². The van der Waals surface area contributed by atoms with Gasteiger partial charge in [-0.25, -0.2) is 0 Å². The lowest BCUT2D eigenvalue weighted by Gasteiger charge is -2.29. The number of aliphatic hydroxyl groups excluding tert-OH is 1. The number of nitrogens with one attached hydrogen (secondary N) is 2. The van der Waals surface area contributed by atoms with Gasteiger partial charge in [0.25, 0.3) is 0 Å². The highest BCUT2D eigenvalue weighted by Gasteiger charge is 2.26. The van der Waals surface area contributed by atoms with Crippen molar-refractivity contribution in [2.75, 3.05) is 19.7 Å². The van der Waals surface area contributed by atoms with E-state index in [9.17, 15) is 14.7 Å². The molecule has 0 aliphatic rings.